The summed E-state index contributed by atoms with van der Waals surface area (Å²) >= 11 is 0. The van der Waals surface area contributed by atoms with E-state index < -0.39 is 8.32 Å². The molecule has 2 nitrogen and oxygen atoms in total. The SMILES string of the molecule is C=C(OC(C)C)O[Si](C)(C)C(C)(C)C. The van der Waals surface area contributed by atoms with Crippen molar-refractivity contribution in [3.05, 3.63) is 12.5 Å². The highest BCUT2D eigenvalue weighted by Gasteiger charge is 2.39. The second-order valence-corrected chi connectivity index (χ2v) is 10.1. The Hall–Kier alpha value is -0.443. The lowest BCUT2D eigenvalue weighted by molar-refractivity contribution is 0.0587. The van der Waals surface area contributed by atoms with E-state index >= 15 is 0 Å². The normalized spacial score (nSPS) is 12.9. The summed E-state index contributed by atoms with van der Waals surface area (Å²) in [5.41, 5.74) is 0. The standard InChI is InChI=1S/C11H24O2Si/c1-9(2)12-10(3)13-14(7,8)11(4,5)6/h9H,3H2,1-2,4-8H3. The van der Waals surface area contributed by atoms with Crippen LogP contribution in [-0.4, -0.2) is 14.4 Å². The molecular formula is C11H24O2Si. The fourth-order valence-electron chi connectivity index (χ4n) is 0.725. The molecule has 0 saturated carbocycles. The van der Waals surface area contributed by atoms with Crippen LogP contribution in [0.5, 0.6) is 0 Å². The Morgan fingerprint density at radius 2 is 1.64 bits per heavy atom. The molecule has 0 rings (SSSR count). The Morgan fingerprint density at radius 3 is 1.93 bits per heavy atom. The number of rotatable bonds is 4. The topological polar surface area (TPSA) is 18.5 Å². The van der Waals surface area contributed by atoms with E-state index in [9.17, 15) is 0 Å². The Bertz CT molecular complexity index is 202. The lowest BCUT2D eigenvalue weighted by atomic mass is 10.2. The van der Waals surface area contributed by atoms with Gasteiger partial charge in [0.1, 0.15) is 0 Å². The van der Waals surface area contributed by atoms with Gasteiger partial charge in [0.05, 0.1) is 6.10 Å². The third-order valence-electron chi connectivity index (χ3n) is 2.54. The Labute approximate surface area is 89.4 Å². The molecule has 0 aromatic carbocycles. The van der Waals surface area contributed by atoms with Crippen LogP contribution in [0.2, 0.25) is 18.1 Å². The van der Waals surface area contributed by atoms with Gasteiger partial charge in [0.15, 0.2) is 0 Å². The van der Waals surface area contributed by atoms with Gasteiger partial charge in [-0.3, -0.25) is 0 Å². The Balaban J connectivity index is 4.30. The first-order valence-electron chi connectivity index (χ1n) is 5.11. The molecule has 14 heavy (non-hydrogen) atoms. The van der Waals surface area contributed by atoms with E-state index in [0.717, 1.165) is 0 Å². The minimum Gasteiger partial charge on any atom is -0.519 e. The van der Waals surface area contributed by atoms with Crippen LogP contribution in [0.25, 0.3) is 0 Å². The highest BCUT2D eigenvalue weighted by atomic mass is 28.4. The van der Waals surface area contributed by atoms with Crippen LogP contribution in [0.15, 0.2) is 12.5 Å². The van der Waals surface area contributed by atoms with Crippen molar-refractivity contribution in [1.82, 2.24) is 0 Å². The van der Waals surface area contributed by atoms with Crippen molar-refractivity contribution in [3.8, 4) is 0 Å². The lowest BCUT2D eigenvalue weighted by Crippen LogP contribution is -2.40. The van der Waals surface area contributed by atoms with Gasteiger partial charge in [-0.05, 0) is 38.6 Å². The molecule has 0 amide bonds. The predicted octanol–water partition coefficient (Wildman–Crippen LogP) is 3.90. The van der Waals surface area contributed by atoms with Gasteiger partial charge >= 0.3 is 0 Å². The van der Waals surface area contributed by atoms with Gasteiger partial charge in [0.25, 0.3) is 14.3 Å². The van der Waals surface area contributed by atoms with Crippen molar-refractivity contribution in [3.63, 3.8) is 0 Å². The van der Waals surface area contributed by atoms with E-state index in [2.05, 4.69) is 40.4 Å². The molecule has 0 aromatic heterocycles. The maximum Gasteiger partial charge on any atom is 0.257 e. The van der Waals surface area contributed by atoms with Crippen molar-refractivity contribution in [1.29, 1.82) is 0 Å². The van der Waals surface area contributed by atoms with E-state index in [4.69, 9.17) is 9.16 Å². The number of hydrogen-bond donors (Lipinski definition) is 0. The third-order valence-corrected chi connectivity index (χ3v) is 6.89. The van der Waals surface area contributed by atoms with Crippen LogP contribution < -0.4 is 0 Å². The molecule has 84 valence electrons. The molecule has 0 spiro atoms. The maximum atomic E-state index is 5.84. The molecule has 0 aliphatic rings. The molecule has 0 N–H and O–H groups in total. The maximum absolute atomic E-state index is 5.84. The van der Waals surface area contributed by atoms with Crippen molar-refractivity contribution in [2.45, 2.75) is 58.9 Å². The van der Waals surface area contributed by atoms with Crippen LogP contribution in [0.4, 0.5) is 0 Å². The molecule has 0 aromatic rings. The first kappa shape index (κ1) is 13.6. The van der Waals surface area contributed by atoms with Crippen molar-refractivity contribution in [2.75, 3.05) is 0 Å². The average Bonchev–Trinajstić information content (AvgIpc) is 1.79. The van der Waals surface area contributed by atoms with Crippen LogP contribution in [0.1, 0.15) is 34.6 Å². The monoisotopic (exact) mass is 216 g/mol. The quantitative estimate of drug-likeness (QED) is 0.524. The molecule has 0 radical (unpaired) electrons. The molecule has 3 heteroatoms. The second kappa shape index (κ2) is 4.38. The van der Waals surface area contributed by atoms with E-state index in [1.165, 1.54) is 0 Å². The first-order valence-corrected chi connectivity index (χ1v) is 8.01. The lowest BCUT2D eigenvalue weighted by Gasteiger charge is -2.36. The Morgan fingerprint density at radius 1 is 1.21 bits per heavy atom. The minimum atomic E-state index is -1.76. The first-order chi connectivity index (χ1) is 6.06. The fraction of sp³-hybridized carbons (Fsp3) is 0.818. The van der Waals surface area contributed by atoms with Crippen molar-refractivity contribution < 1.29 is 9.16 Å². The molecule has 0 aliphatic carbocycles. The molecule has 0 atom stereocenters. The summed E-state index contributed by atoms with van der Waals surface area (Å²) in [5, 5.41) is 0.191. The largest absolute Gasteiger partial charge is 0.519 e. The van der Waals surface area contributed by atoms with Gasteiger partial charge in [-0.1, -0.05) is 20.8 Å². The van der Waals surface area contributed by atoms with Gasteiger partial charge in [-0.15, -0.1) is 0 Å². The van der Waals surface area contributed by atoms with Gasteiger partial charge in [-0.2, -0.15) is 0 Å². The molecule has 0 unspecified atom stereocenters. The highest BCUT2D eigenvalue weighted by molar-refractivity contribution is 6.74. The molecule has 0 heterocycles. The molecule has 0 bridgehead atoms. The highest BCUT2D eigenvalue weighted by Crippen LogP contribution is 2.37. The summed E-state index contributed by atoms with van der Waals surface area (Å²) < 4.78 is 11.2. The molecule has 0 fully saturated rings. The second-order valence-electron chi connectivity index (χ2n) is 5.40. The minimum absolute atomic E-state index is 0.132. The summed E-state index contributed by atoms with van der Waals surface area (Å²) in [6.45, 7) is 18.7. The van der Waals surface area contributed by atoms with Crippen LogP contribution >= 0.6 is 0 Å². The zero-order valence-corrected chi connectivity index (χ0v) is 11.6. The van der Waals surface area contributed by atoms with E-state index in [0.29, 0.717) is 5.95 Å². The summed E-state index contributed by atoms with van der Waals surface area (Å²) in [4.78, 5) is 0. The van der Waals surface area contributed by atoms with E-state index in [1.54, 1.807) is 0 Å². The van der Waals surface area contributed by atoms with Crippen molar-refractivity contribution >= 4 is 8.32 Å². The number of hydrogen-bond acceptors (Lipinski definition) is 2. The molecular weight excluding hydrogens is 192 g/mol. The van der Waals surface area contributed by atoms with Crippen LogP contribution in [0, 0.1) is 0 Å². The summed E-state index contributed by atoms with van der Waals surface area (Å²) in [7, 11) is -1.76. The number of ether oxygens (including phenoxy) is 1. The van der Waals surface area contributed by atoms with Gasteiger partial charge in [0, 0.05) is 0 Å². The summed E-state index contributed by atoms with van der Waals surface area (Å²) in [6, 6.07) is 0. The van der Waals surface area contributed by atoms with E-state index in [-0.39, 0.29) is 11.1 Å². The van der Waals surface area contributed by atoms with Gasteiger partial charge in [0.2, 0.25) is 0 Å². The Kier molecular flexibility index (Phi) is 4.25. The van der Waals surface area contributed by atoms with Gasteiger partial charge in [-0.25, -0.2) is 0 Å². The summed E-state index contributed by atoms with van der Waals surface area (Å²) in [5.74, 6) is 0.464. The van der Waals surface area contributed by atoms with Crippen LogP contribution in [0.3, 0.4) is 0 Å². The fourth-order valence-corrected chi connectivity index (χ4v) is 1.65. The van der Waals surface area contributed by atoms with Crippen molar-refractivity contribution in [2.24, 2.45) is 0 Å². The van der Waals surface area contributed by atoms with Crippen LogP contribution in [-0.2, 0) is 9.16 Å². The van der Waals surface area contributed by atoms with Gasteiger partial charge < -0.3 is 9.16 Å². The smallest absolute Gasteiger partial charge is 0.257 e. The third kappa shape index (κ3) is 4.18. The predicted molar refractivity (Wildman–Crippen MR) is 63.6 cm³/mol. The van der Waals surface area contributed by atoms with E-state index in [1.807, 2.05) is 13.8 Å². The molecule has 0 aliphatic heterocycles. The zero-order valence-electron chi connectivity index (χ0n) is 10.6. The summed E-state index contributed by atoms with van der Waals surface area (Å²) in [6.07, 6.45) is 0.132. The molecule has 0 saturated heterocycles. The average molecular weight is 216 g/mol. The zero-order chi connectivity index (χ0) is 11.6.